The fourth-order valence-electron chi connectivity index (χ4n) is 3.37. The molecule has 10 heteroatoms. The van der Waals surface area contributed by atoms with E-state index in [0.717, 1.165) is 33.7 Å². The first-order valence-electron chi connectivity index (χ1n) is 10.1. The molecule has 0 unspecified atom stereocenters. The van der Waals surface area contributed by atoms with E-state index in [9.17, 15) is 13.6 Å². The molecule has 4 aromatic rings. The van der Waals surface area contributed by atoms with E-state index in [1.807, 2.05) is 47.6 Å². The first-order chi connectivity index (χ1) is 15.5. The summed E-state index contributed by atoms with van der Waals surface area (Å²) in [7, 11) is 0. The van der Waals surface area contributed by atoms with Gasteiger partial charge in [0.2, 0.25) is 0 Å². The van der Waals surface area contributed by atoms with E-state index in [1.165, 1.54) is 15.9 Å². The van der Waals surface area contributed by atoms with Crippen LogP contribution in [0.5, 0.6) is 0 Å². The second-order valence-corrected chi connectivity index (χ2v) is 8.24. The molecule has 166 valence electrons. The van der Waals surface area contributed by atoms with E-state index >= 15 is 0 Å². The average molecular weight is 457 g/mol. The molecule has 0 aliphatic heterocycles. The Bertz CT molecular complexity index is 1290. The van der Waals surface area contributed by atoms with Gasteiger partial charge in [-0.1, -0.05) is 24.3 Å². The van der Waals surface area contributed by atoms with Crippen molar-refractivity contribution in [2.24, 2.45) is 5.73 Å². The summed E-state index contributed by atoms with van der Waals surface area (Å²) in [5.41, 5.74) is 8.93. The van der Waals surface area contributed by atoms with E-state index in [2.05, 4.69) is 27.4 Å². The first-order valence-corrected chi connectivity index (χ1v) is 10.9. The predicted molar refractivity (Wildman–Crippen MR) is 121 cm³/mol. The summed E-state index contributed by atoms with van der Waals surface area (Å²) < 4.78 is 29.2. The normalized spacial score (nSPS) is 11.1. The van der Waals surface area contributed by atoms with E-state index in [-0.39, 0.29) is 30.9 Å². The molecular formula is C22H22F2N6OS. The van der Waals surface area contributed by atoms with Crippen LogP contribution in [0, 0.1) is 0 Å². The number of aryl methyl sites for hydroxylation is 1. The molecule has 4 rings (SSSR count). The molecule has 1 aromatic carbocycles. The summed E-state index contributed by atoms with van der Waals surface area (Å²) in [6.45, 7) is 2.82. The standard InChI is InChI=1S/C22H22F2N6OS/c1-2-29-11-18(10-26-29)15-5-3-14(4-6-15)17-7-19(32-13-17)12-30-20(27-28-22(30)31)8-16(9-25)21(23)24/h3-7,10-11,13H,2,8-9,12,25H2,1H3,(H,28,31). The van der Waals surface area contributed by atoms with Crippen molar-refractivity contribution >= 4 is 11.3 Å². The first kappa shape index (κ1) is 21.8. The Morgan fingerprint density at radius 2 is 1.88 bits per heavy atom. The Morgan fingerprint density at radius 1 is 1.16 bits per heavy atom. The number of benzene rings is 1. The van der Waals surface area contributed by atoms with E-state index < -0.39 is 11.8 Å². The molecule has 3 aromatic heterocycles. The minimum Gasteiger partial charge on any atom is -0.327 e. The highest BCUT2D eigenvalue weighted by Gasteiger charge is 2.15. The lowest BCUT2D eigenvalue weighted by atomic mass is 10.0. The molecule has 0 saturated carbocycles. The molecule has 7 nitrogen and oxygen atoms in total. The third-order valence-corrected chi connectivity index (χ3v) is 6.12. The van der Waals surface area contributed by atoms with Gasteiger partial charge in [-0.2, -0.15) is 19.0 Å². The largest absolute Gasteiger partial charge is 0.343 e. The fraction of sp³-hybridized carbons (Fsp3) is 0.227. The third kappa shape index (κ3) is 4.61. The van der Waals surface area contributed by atoms with Crippen LogP contribution in [0.15, 0.2) is 64.6 Å². The zero-order valence-electron chi connectivity index (χ0n) is 17.4. The van der Waals surface area contributed by atoms with Crippen LogP contribution < -0.4 is 11.4 Å². The zero-order chi connectivity index (χ0) is 22.7. The van der Waals surface area contributed by atoms with Crippen molar-refractivity contribution < 1.29 is 8.78 Å². The topological polar surface area (TPSA) is 94.5 Å². The lowest BCUT2D eigenvalue weighted by Gasteiger charge is -2.06. The summed E-state index contributed by atoms with van der Waals surface area (Å²) in [5, 5.41) is 12.6. The van der Waals surface area contributed by atoms with Crippen LogP contribution >= 0.6 is 11.3 Å². The molecule has 0 radical (unpaired) electrons. The summed E-state index contributed by atoms with van der Waals surface area (Å²) in [5.74, 6) is 0.232. The van der Waals surface area contributed by atoms with E-state index in [4.69, 9.17) is 5.73 Å². The van der Waals surface area contributed by atoms with Gasteiger partial charge in [-0.05, 0) is 35.1 Å². The van der Waals surface area contributed by atoms with Crippen molar-refractivity contribution in [2.45, 2.75) is 26.4 Å². The number of nitrogens with zero attached hydrogens (tertiary/aromatic N) is 4. The van der Waals surface area contributed by atoms with Crippen molar-refractivity contribution in [3.63, 3.8) is 0 Å². The highest BCUT2D eigenvalue weighted by atomic mass is 32.1. The maximum atomic E-state index is 13.0. The van der Waals surface area contributed by atoms with Crippen molar-refractivity contribution in [1.82, 2.24) is 24.5 Å². The molecule has 3 heterocycles. The number of aromatic amines is 1. The van der Waals surface area contributed by atoms with Gasteiger partial charge >= 0.3 is 5.69 Å². The maximum absolute atomic E-state index is 13.0. The van der Waals surface area contributed by atoms with Crippen molar-refractivity contribution in [1.29, 1.82) is 0 Å². The second kappa shape index (κ2) is 9.41. The molecule has 0 aliphatic rings. The Hall–Kier alpha value is -3.37. The number of H-pyrrole nitrogens is 1. The van der Waals surface area contributed by atoms with Crippen LogP contribution in [0.2, 0.25) is 0 Å². The second-order valence-electron chi connectivity index (χ2n) is 7.24. The monoisotopic (exact) mass is 456 g/mol. The highest BCUT2D eigenvalue weighted by molar-refractivity contribution is 7.10. The van der Waals surface area contributed by atoms with Crippen LogP contribution in [0.1, 0.15) is 17.6 Å². The van der Waals surface area contributed by atoms with Gasteiger partial charge < -0.3 is 5.73 Å². The minimum atomic E-state index is -1.83. The van der Waals surface area contributed by atoms with Crippen LogP contribution in [-0.4, -0.2) is 31.1 Å². The van der Waals surface area contributed by atoms with Crippen molar-refractivity contribution in [3.05, 3.63) is 80.9 Å². The Kier molecular flexibility index (Phi) is 6.42. The lowest BCUT2D eigenvalue weighted by Crippen LogP contribution is -2.20. The number of rotatable bonds is 8. The van der Waals surface area contributed by atoms with Gasteiger partial charge in [0.05, 0.1) is 12.7 Å². The molecule has 0 aliphatic carbocycles. The molecule has 0 amide bonds. The SMILES string of the molecule is CCn1cc(-c2ccc(-c3csc(Cn4c(CC(CN)=C(F)F)n[nH]c4=O)c3)cc2)cn1. The van der Waals surface area contributed by atoms with Crippen LogP contribution in [0.3, 0.4) is 0 Å². The fourth-order valence-corrected chi connectivity index (χ4v) is 4.25. The predicted octanol–water partition coefficient (Wildman–Crippen LogP) is 3.88. The minimum absolute atomic E-state index is 0.175. The number of nitrogens with two attached hydrogens (primary N) is 1. The summed E-state index contributed by atoms with van der Waals surface area (Å²) >= 11 is 1.50. The Labute approximate surface area is 186 Å². The summed E-state index contributed by atoms with van der Waals surface area (Å²) in [6.07, 6.45) is 1.85. The average Bonchev–Trinajstić information content (AvgIpc) is 3.54. The summed E-state index contributed by atoms with van der Waals surface area (Å²) in [4.78, 5) is 13.1. The highest BCUT2D eigenvalue weighted by Crippen LogP contribution is 2.29. The smallest absolute Gasteiger partial charge is 0.327 e. The molecule has 3 N–H and O–H groups in total. The van der Waals surface area contributed by atoms with Crippen LogP contribution in [0.25, 0.3) is 22.3 Å². The summed E-state index contributed by atoms with van der Waals surface area (Å²) in [6, 6.07) is 10.2. The molecule has 0 spiro atoms. The Balaban J connectivity index is 1.52. The molecule has 0 fully saturated rings. The zero-order valence-corrected chi connectivity index (χ0v) is 18.2. The van der Waals surface area contributed by atoms with E-state index in [0.29, 0.717) is 0 Å². The molecule has 0 bridgehead atoms. The maximum Gasteiger partial charge on any atom is 0.343 e. The number of nitrogens with one attached hydrogen (secondary N) is 1. The number of aromatic nitrogens is 5. The van der Waals surface area contributed by atoms with Gasteiger partial charge in [-0.25, -0.2) is 9.89 Å². The lowest BCUT2D eigenvalue weighted by molar-refractivity contribution is 0.407. The molecule has 0 atom stereocenters. The number of halogens is 2. The number of hydrogen-bond acceptors (Lipinski definition) is 5. The Morgan fingerprint density at radius 3 is 2.50 bits per heavy atom. The van der Waals surface area contributed by atoms with Gasteiger partial charge in [0.15, 0.2) is 0 Å². The van der Waals surface area contributed by atoms with Crippen molar-refractivity contribution in [3.8, 4) is 22.3 Å². The van der Waals surface area contributed by atoms with Gasteiger partial charge in [-0.3, -0.25) is 9.25 Å². The quantitative estimate of drug-likeness (QED) is 0.421. The van der Waals surface area contributed by atoms with Gasteiger partial charge in [0.1, 0.15) is 5.82 Å². The number of thiophene rings is 1. The molecule has 32 heavy (non-hydrogen) atoms. The number of hydrogen-bond donors (Lipinski definition) is 2. The van der Waals surface area contributed by atoms with Gasteiger partial charge in [0.25, 0.3) is 6.08 Å². The van der Waals surface area contributed by atoms with Crippen LogP contribution in [-0.2, 0) is 19.5 Å². The third-order valence-electron chi connectivity index (χ3n) is 5.20. The van der Waals surface area contributed by atoms with E-state index in [1.54, 1.807) is 0 Å². The van der Waals surface area contributed by atoms with Crippen LogP contribution in [0.4, 0.5) is 8.78 Å². The van der Waals surface area contributed by atoms with Gasteiger partial charge in [-0.15, -0.1) is 11.3 Å². The molecular weight excluding hydrogens is 434 g/mol. The van der Waals surface area contributed by atoms with Gasteiger partial charge in [0, 0.05) is 41.7 Å². The van der Waals surface area contributed by atoms with Crippen molar-refractivity contribution in [2.75, 3.05) is 6.54 Å². The molecule has 0 saturated heterocycles.